The molecular formula is C19H18N2O5. The number of carbonyl (C=O) groups excluding carboxylic acids is 1. The average Bonchev–Trinajstić information content (AvgIpc) is 2.99. The molecule has 0 fully saturated rings. The molecule has 1 unspecified atom stereocenters. The second kappa shape index (κ2) is 6.87. The Morgan fingerprint density at radius 1 is 1.19 bits per heavy atom. The second-order valence-electron chi connectivity index (χ2n) is 5.91. The molecule has 134 valence electrons. The third kappa shape index (κ3) is 2.88. The highest BCUT2D eigenvalue weighted by Gasteiger charge is 2.24. The normalized spacial score (nSPS) is 12.0. The van der Waals surface area contributed by atoms with E-state index >= 15 is 0 Å². The van der Waals surface area contributed by atoms with Crippen LogP contribution in [0, 0.1) is 10.1 Å². The summed E-state index contributed by atoms with van der Waals surface area (Å²) >= 11 is 0. The minimum atomic E-state index is -0.532. The number of ether oxygens (including phenoxy) is 2. The first-order valence-electron chi connectivity index (χ1n) is 7.97. The Morgan fingerprint density at radius 2 is 1.88 bits per heavy atom. The van der Waals surface area contributed by atoms with Crippen LogP contribution in [0.4, 0.5) is 5.69 Å². The van der Waals surface area contributed by atoms with Gasteiger partial charge in [0.15, 0.2) is 0 Å². The molecule has 0 aliphatic carbocycles. The number of methoxy groups -OCH3 is 1. The van der Waals surface area contributed by atoms with Gasteiger partial charge in [0.1, 0.15) is 17.4 Å². The van der Waals surface area contributed by atoms with Gasteiger partial charge < -0.3 is 14.0 Å². The quantitative estimate of drug-likeness (QED) is 0.379. The fourth-order valence-corrected chi connectivity index (χ4v) is 3.19. The monoisotopic (exact) mass is 354 g/mol. The van der Waals surface area contributed by atoms with Crippen molar-refractivity contribution in [3.8, 4) is 16.9 Å². The molecule has 3 rings (SSSR count). The van der Waals surface area contributed by atoms with Gasteiger partial charge in [0, 0.05) is 30.3 Å². The Hall–Kier alpha value is -3.35. The molecule has 1 aromatic heterocycles. The van der Waals surface area contributed by atoms with Crippen LogP contribution in [0.25, 0.3) is 22.0 Å². The van der Waals surface area contributed by atoms with Crippen LogP contribution in [0.2, 0.25) is 0 Å². The van der Waals surface area contributed by atoms with E-state index in [4.69, 9.17) is 9.47 Å². The van der Waals surface area contributed by atoms with Crippen LogP contribution >= 0.6 is 0 Å². The molecule has 26 heavy (non-hydrogen) atoms. The zero-order valence-corrected chi connectivity index (χ0v) is 14.6. The third-order valence-electron chi connectivity index (χ3n) is 4.43. The summed E-state index contributed by atoms with van der Waals surface area (Å²) in [6.45, 7) is 2.12. The van der Waals surface area contributed by atoms with Gasteiger partial charge in [0.25, 0.3) is 12.2 Å². The van der Waals surface area contributed by atoms with Crippen molar-refractivity contribution in [2.75, 3.05) is 7.11 Å². The third-order valence-corrected chi connectivity index (χ3v) is 4.43. The summed E-state index contributed by atoms with van der Waals surface area (Å²) in [5.74, 6) is 0.720. The van der Waals surface area contributed by atoms with Crippen molar-refractivity contribution in [2.45, 2.75) is 13.0 Å². The maximum Gasteiger partial charge on any atom is 0.293 e. The van der Waals surface area contributed by atoms with Crippen molar-refractivity contribution >= 4 is 23.1 Å². The lowest BCUT2D eigenvalue weighted by Gasteiger charge is -2.12. The standard InChI is InChI=1S/C19H18N2O5/c1-12(26-11-22)16-10-20(2)19-17(21(23)24)9-8-15(18(16)19)13-4-6-14(25-3)7-5-13/h4-12H,1-3H3. The number of fused-ring (bicyclic) bond motifs is 1. The lowest BCUT2D eigenvalue weighted by molar-refractivity contribution is -0.383. The molecule has 0 aliphatic heterocycles. The number of nitrogens with zero attached hydrogens (tertiary/aromatic N) is 2. The molecule has 7 nitrogen and oxygen atoms in total. The molecule has 0 spiro atoms. The Labute approximate surface area is 149 Å². The Balaban J connectivity index is 2.33. The van der Waals surface area contributed by atoms with Crippen LogP contribution in [0.15, 0.2) is 42.6 Å². The van der Waals surface area contributed by atoms with Gasteiger partial charge in [-0.3, -0.25) is 14.9 Å². The van der Waals surface area contributed by atoms with E-state index in [1.165, 1.54) is 6.07 Å². The van der Waals surface area contributed by atoms with Crippen LogP contribution in [0.3, 0.4) is 0 Å². The van der Waals surface area contributed by atoms with E-state index in [1.807, 2.05) is 24.3 Å². The van der Waals surface area contributed by atoms with Crippen molar-refractivity contribution < 1.29 is 19.2 Å². The van der Waals surface area contributed by atoms with Gasteiger partial charge in [-0.2, -0.15) is 0 Å². The topological polar surface area (TPSA) is 83.6 Å². The molecule has 7 heteroatoms. The number of non-ortho nitro benzene ring substituents is 1. The number of nitro benzene ring substituents is 1. The highest BCUT2D eigenvalue weighted by Crippen LogP contribution is 2.40. The molecular weight excluding hydrogens is 336 g/mol. The summed E-state index contributed by atoms with van der Waals surface area (Å²) in [7, 11) is 3.33. The zero-order chi connectivity index (χ0) is 18.8. The number of benzene rings is 2. The Bertz CT molecular complexity index is 976. The molecule has 0 radical (unpaired) electrons. The molecule has 0 bridgehead atoms. The molecule has 1 heterocycles. The van der Waals surface area contributed by atoms with Gasteiger partial charge in [-0.05, 0) is 36.2 Å². The molecule has 0 aliphatic rings. The number of nitro groups is 1. The van der Waals surface area contributed by atoms with Crippen molar-refractivity contribution in [3.05, 3.63) is 58.3 Å². The van der Waals surface area contributed by atoms with E-state index in [0.29, 0.717) is 22.9 Å². The van der Waals surface area contributed by atoms with E-state index in [0.717, 1.165) is 16.9 Å². The second-order valence-corrected chi connectivity index (χ2v) is 5.91. The van der Waals surface area contributed by atoms with E-state index in [2.05, 4.69) is 0 Å². The van der Waals surface area contributed by atoms with Crippen molar-refractivity contribution in [3.63, 3.8) is 0 Å². The van der Waals surface area contributed by atoms with E-state index in [9.17, 15) is 14.9 Å². The van der Waals surface area contributed by atoms with Gasteiger partial charge in [-0.15, -0.1) is 0 Å². The van der Waals surface area contributed by atoms with Gasteiger partial charge in [-0.25, -0.2) is 0 Å². The summed E-state index contributed by atoms with van der Waals surface area (Å²) in [6, 6.07) is 10.7. The van der Waals surface area contributed by atoms with Crippen molar-refractivity contribution in [1.29, 1.82) is 0 Å². The van der Waals surface area contributed by atoms with Gasteiger partial charge >= 0.3 is 0 Å². The summed E-state index contributed by atoms with van der Waals surface area (Å²) in [6.07, 6.45) is 1.23. The summed E-state index contributed by atoms with van der Waals surface area (Å²) in [5.41, 5.74) is 2.91. The number of rotatable bonds is 6. The summed E-state index contributed by atoms with van der Waals surface area (Å²) < 4.78 is 12.0. The Morgan fingerprint density at radius 3 is 2.46 bits per heavy atom. The molecule has 2 aromatic carbocycles. The molecule has 0 saturated heterocycles. The maximum atomic E-state index is 11.5. The average molecular weight is 354 g/mol. The lowest BCUT2D eigenvalue weighted by Crippen LogP contribution is -1.98. The first-order valence-corrected chi connectivity index (χ1v) is 7.97. The number of hydrogen-bond donors (Lipinski definition) is 0. The largest absolute Gasteiger partial charge is 0.497 e. The highest BCUT2D eigenvalue weighted by atomic mass is 16.6. The smallest absolute Gasteiger partial charge is 0.293 e. The molecule has 1 atom stereocenters. The summed E-state index contributed by atoms with van der Waals surface area (Å²) in [4.78, 5) is 21.9. The van der Waals surface area contributed by atoms with Crippen LogP contribution in [-0.4, -0.2) is 23.1 Å². The molecule has 0 N–H and O–H groups in total. The minimum absolute atomic E-state index is 0.00400. The first-order chi connectivity index (χ1) is 12.5. The predicted octanol–water partition coefficient (Wildman–Crippen LogP) is 4.00. The van der Waals surface area contributed by atoms with Gasteiger partial charge in [-0.1, -0.05) is 12.1 Å². The first kappa shape index (κ1) is 17.5. The van der Waals surface area contributed by atoms with Gasteiger partial charge in [0.2, 0.25) is 0 Å². The SMILES string of the molecule is COc1ccc(-c2ccc([N+](=O)[O-])c3c2c(C(C)OC=O)cn3C)cc1. The zero-order valence-electron chi connectivity index (χ0n) is 14.6. The van der Waals surface area contributed by atoms with Crippen molar-refractivity contribution in [1.82, 2.24) is 4.57 Å². The van der Waals surface area contributed by atoms with Crippen LogP contribution in [-0.2, 0) is 16.6 Å². The fraction of sp³-hybridized carbons (Fsp3) is 0.211. The minimum Gasteiger partial charge on any atom is -0.497 e. The lowest BCUT2D eigenvalue weighted by atomic mass is 9.96. The van der Waals surface area contributed by atoms with Crippen LogP contribution in [0.1, 0.15) is 18.6 Å². The Kier molecular flexibility index (Phi) is 4.62. The van der Waals surface area contributed by atoms with Gasteiger partial charge in [0.05, 0.1) is 12.0 Å². The number of hydrogen-bond acceptors (Lipinski definition) is 5. The molecule has 3 aromatic rings. The highest BCUT2D eigenvalue weighted by molar-refractivity contribution is 6.02. The number of carbonyl (C=O) groups is 1. The van der Waals surface area contributed by atoms with Crippen LogP contribution in [0.5, 0.6) is 5.75 Å². The van der Waals surface area contributed by atoms with E-state index in [1.54, 1.807) is 37.9 Å². The van der Waals surface area contributed by atoms with E-state index in [-0.39, 0.29) is 5.69 Å². The number of aromatic nitrogens is 1. The summed E-state index contributed by atoms with van der Waals surface area (Å²) in [5, 5.41) is 12.2. The van der Waals surface area contributed by atoms with Crippen LogP contribution < -0.4 is 4.74 Å². The predicted molar refractivity (Wildman–Crippen MR) is 97.1 cm³/mol. The fourth-order valence-electron chi connectivity index (χ4n) is 3.19. The number of aryl methyl sites for hydroxylation is 1. The van der Waals surface area contributed by atoms with Crippen molar-refractivity contribution in [2.24, 2.45) is 7.05 Å². The maximum absolute atomic E-state index is 11.5. The molecule has 0 saturated carbocycles. The van der Waals surface area contributed by atoms with E-state index < -0.39 is 11.0 Å². The molecule has 0 amide bonds.